The highest BCUT2D eigenvalue weighted by molar-refractivity contribution is 5.85. The van der Waals surface area contributed by atoms with Gasteiger partial charge in [0.25, 0.3) is 0 Å². The molecular weight excluding hydrogens is 288 g/mol. The summed E-state index contributed by atoms with van der Waals surface area (Å²) in [6.07, 6.45) is 2.66. The maximum atomic E-state index is 5.74. The van der Waals surface area contributed by atoms with Gasteiger partial charge in [-0.2, -0.15) is 5.10 Å². The van der Waals surface area contributed by atoms with Crippen LogP contribution in [0.1, 0.15) is 35.8 Å². The summed E-state index contributed by atoms with van der Waals surface area (Å²) in [5.74, 6) is 0.775. The van der Waals surface area contributed by atoms with Crippen LogP contribution in [0.5, 0.6) is 0 Å². The number of rotatable bonds is 3. The van der Waals surface area contributed by atoms with Crippen molar-refractivity contribution in [3.05, 3.63) is 17.0 Å². The molecule has 2 fully saturated rings. The molecule has 0 bridgehead atoms. The maximum Gasteiger partial charge on any atom is 0.0665 e. The van der Waals surface area contributed by atoms with Crippen LogP contribution in [0.4, 0.5) is 0 Å². The Morgan fingerprint density at radius 2 is 2.24 bits per heavy atom. The first-order chi connectivity index (χ1) is 9.75. The van der Waals surface area contributed by atoms with Gasteiger partial charge in [-0.25, -0.2) is 0 Å². The highest BCUT2D eigenvalue weighted by atomic mass is 35.5. The predicted molar refractivity (Wildman–Crippen MR) is 86.0 cm³/mol. The number of aromatic nitrogens is 2. The van der Waals surface area contributed by atoms with E-state index < -0.39 is 0 Å². The van der Waals surface area contributed by atoms with Crippen LogP contribution in [-0.4, -0.2) is 54.5 Å². The first-order valence-corrected chi connectivity index (χ1v) is 7.79. The maximum absolute atomic E-state index is 5.74. The Labute approximate surface area is 133 Å². The topological polar surface area (TPSA) is 53.2 Å². The number of nitrogens with zero attached hydrogens (tertiary/aromatic N) is 2. The molecule has 0 saturated carbocycles. The molecule has 2 aliphatic heterocycles. The second kappa shape index (κ2) is 7.58. The molecule has 3 heterocycles. The highest BCUT2D eigenvalue weighted by Gasteiger charge is 2.30. The highest BCUT2D eigenvalue weighted by Crippen LogP contribution is 2.29. The van der Waals surface area contributed by atoms with E-state index in [1.807, 2.05) is 0 Å². The molecule has 120 valence electrons. The molecule has 2 unspecified atom stereocenters. The summed E-state index contributed by atoms with van der Waals surface area (Å²) in [5.41, 5.74) is 3.64. The largest absolute Gasteiger partial charge is 0.378 e. The number of hydrogen-bond donors (Lipinski definition) is 2. The normalized spacial score (nSPS) is 27.3. The third kappa shape index (κ3) is 3.77. The standard InChI is InChI=1S/C15H26N4O.ClH/c1-11-15(12(2)18-17-11)14-10-20-7-6-19(14)9-13-4-3-5-16-8-13;/h13-14,16H,3-10H2,1-2H3,(H,17,18);1H. The van der Waals surface area contributed by atoms with E-state index >= 15 is 0 Å². The van der Waals surface area contributed by atoms with Gasteiger partial charge >= 0.3 is 0 Å². The second-order valence-electron chi connectivity index (χ2n) is 6.15. The minimum Gasteiger partial charge on any atom is -0.378 e. The van der Waals surface area contributed by atoms with Crippen molar-refractivity contribution >= 4 is 12.4 Å². The summed E-state index contributed by atoms with van der Waals surface area (Å²) in [7, 11) is 0. The molecule has 6 heteroatoms. The summed E-state index contributed by atoms with van der Waals surface area (Å²) in [6.45, 7) is 10.4. The lowest BCUT2D eigenvalue weighted by atomic mass is 9.96. The predicted octanol–water partition coefficient (Wildman–Crippen LogP) is 1.82. The number of halogens is 1. The summed E-state index contributed by atoms with van der Waals surface area (Å²) in [6, 6.07) is 0.365. The van der Waals surface area contributed by atoms with Crippen LogP contribution >= 0.6 is 12.4 Å². The van der Waals surface area contributed by atoms with Crippen LogP contribution in [-0.2, 0) is 4.74 Å². The minimum absolute atomic E-state index is 0. The fourth-order valence-corrected chi connectivity index (χ4v) is 3.58. The number of H-pyrrole nitrogens is 1. The van der Waals surface area contributed by atoms with Crippen LogP contribution in [0.2, 0.25) is 0 Å². The molecule has 2 atom stereocenters. The summed E-state index contributed by atoms with van der Waals surface area (Å²) in [4.78, 5) is 2.60. The molecule has 3 rings (SSSR count). The number of aryl methyl sites for hydroxylation is 2. The van der Waals surface area contributed by atoms with E-state index in [1.54, 1.807) is 0 Å². The van der Waals surface area contributed by atoms with E-state index in [4.69, 9.17) is 4.74 Å². The number of hydrogen-bond acceptors (Lipinski definition) is 4. The van der Waals surface area contributed by atoms with E-state index in [0.29, 0.717) is 6.04 Å². The van der Waals surface area contributed by atoms with Crippen molar-refractivity contribution in [2.75, 3.05) is 39.4 Å². The Balaban J connectivity index is 0.00000161. The van der Waals surface area contributed by atoms with Crippen LogP contribution in [0.3, 0.4) is 0 Å². The molecule has 2 aliphatic rings. The molecule has 0 spiro atoms. The van der Waals surface area contributed by atoms with Crippen molar-refractivity contribution in [3.8, 4) is 0 Å². The zero-order chi connectivity index (χ0) is 13.9. The second-order valence-corrected chi connectivity index (χ2v) is 6.15. The molecule has 2 N–H and O–H groups in total. The monoisotopic (exact) mass is 314 g/mol. The molecule has 0 aromatic carbocycles. The number of morpholine rings is 1. The van der Waals surface area contributed by atoms with Gasteiger partial charge in [-0.15, -0.1) is 12.4 Å². The van der Waals surface area contributed by atoms with Crippen molar-refractivity contribution in [2.24, 2.45) is 5.92 Å². The molecule has 5 nitrogen and oxygen atoms in total. The summed E-state index contributed by atoms with van der Waals surface area (Å²) >= 11 is 0. The van der Waals surface area contributed by atoms with E-state index in [1.165, 1.54) is 37.2 Å². The Morgan fingerprint density at radius 1 is 1.38 bits per heavy atom. The lowest BCUT2D eigenvalue weighted by Crippen LogP contribution is -2.45. The summed E-state index contributed by atoms with van der Waals surface area (Å²) < 4.78 is 5.74. The van der Waals surface area contributed by atoms with Gasteiger partial charge < -0.3 is 10.1 Å². The van der Waals surface area contributed by atoms with Gasteiger partial charge in [0.05, 0.1) is 24.9 Å². The molecule has 2 saturated heterocycles. The Hall–Kier alpha value is -0.620. The van der Waals surface area contributed by atoms with Crippen LogP contribution in [0, 0.1) is 19.8 Å². The van der Waals surface area contributed by atoms with E-state index in [0.717, 1.165) is 37.9 Å². The first-order valence-electron chi connectivity index (χ1n) is 7.79. The van der Waals surface area contributed by atoms with Crippen molar-refractivity contribution in [2.45, 2.75) is 32.7 Å². The van der Waals surface area contributed by atoms with Gasteiger partial charge in [-0.1, -0.05) is 0 Å². The van der Waals surface area contributed by atoms with Gasteiger partial charge in [0.2, 0.25) is 0 Å². The molecule has 0 radical (unpaired) electrons. The van der Waals surface area contributed by atoms with Crippen molar-refractivity contribution in [3.63, 3.8) is 0 Å². The third-order valence-electron chi connectivity index (χ3n) is 4.65. The quantitative estimate of drug-likeness (QED) is 0.893. The average Bonchev–Trinajstić information content (AvgIpc) is 2.80. The van der Waals surface area contributed by atoms with Crippen LogP contribution < -0.4 is 5.32 Å². The average molecular weight is 315 g/mol. The van der Waals surface area contributed by atoms with E-state index in [2.05, 4.69) is 34.3 Å². The van der Waals surface area contributed by atoms with Gasteiger partial charge in [0, 0.05) is 24.3 Å². The van der Waals surface area contributed by atoms with Crippen molar-refractivity contribution < 1.29 is 4.74 Å². The lowest BCUT2D eigenvalue weighted by Gasteiger charge is -2.39. The van der Waals surface area contributed by atoms with Crippen molar-refractivity contribution in [1.29, 1.82) is 0 Å². The SMILES string of the molecule is Cc1n[nH]c(C)c1C1COCCN1CC1CCCNC1.Cl. The van der Waals surface area contributed by atoms with E-state index in [-0.39, 0.29) is 12.4 Å². The number of ether oxygens (including phenoxy) is 1. The van der Waals surface area contributed by atoms with Crippen LogP contribution in [0.25, 0.3) is 0 Å². The smallest absolute Gasteiger partial charge is 0.0665 e. The molecule has 1 aromatic rings. The fourth-order valence-electron chi connectivity index (χ4n) is 3.58. The molecular formula is C15H27ClN4O. The minimum atomic E-state index is 0. The number of aromatic amines is 1. The molecule has 0 aliphatic carbocycles. The Morgan fingerprint density at radius 3 is 2.90 bits per heavy atom. The van der Waals surface area contributed by atoms with Crippen molar-refractivity contribution in [1.82, 2.24) is 20.4 Å². The van der Waals surface area contributed by atoms with Gasteiger partial charge in [-0.3, -0.25) is 10.00 Å². The Bertz CT molecular complexity index is 425. The zero-order valence-electron chi connectivity index (χ0n) is 13.0. The van der Waals surface area contributed by atoms with E-state index in [9.17, 15) is 0 Å². The Kier molecular flexibility index (Phi) is 6.05. The lowest BCUT2D eigenvalue weighted by molar-refractivity contribution is -0.0172. The van der Waals surface area contributed by atoms with Crippen LogP contribution in [0.15, 0.2) is 0 Å². The number of piperidine rings is 1. The molecule has 1 aromatic heterocycles. The first kappa shape index (κ1) is 16.7. The van der Waals surface area contributed by atoms with Gasteiger partial charge in [-0.05, 0) is 45.7 Å². The third-order valence-corrected chi connectivity index (χ3v) is 4.65. The fraction of sp³-hybridized carbons (Fsp3) is 0.800. The summed E-state index contributed by atoms with van der Waals surface area (Å²) in [5, 5.41) is 11.0. The molecule has 0 amide bonds. The molecule has 21 heavy (non-hydrogen) atoms. The van der Waals surface area contributed by atoms with Gasteiger partial charge in [0.1, 0.15) is 0 Å². The zero-order valence-corrected chi connectivity index (χ0v) is 13.8. The number of nitrogens with one attached hydrogen (secondary N) is 2. The van der Waals surface area contributed by atoms with Gasteiger partial charge in [0.15, 0.2) is 0 Å².